The van der Waals surface area contributed by atoms with Gasteiger partial charge in [-0.25, -0.2) is 0 Å². The number of hydrogen-bond acceptors (Lipinski definition) is 2. The third-order valence-corrected chi connectivity index (χ3v) is 3.58. The lowest BCUT2D eigenvalue weighted by Gasteiger charge is -2.30. The summed E-state index contributed by atoms with van der Waals surface area (Å²) in [7, 11) is 0. The van der Waals surface area contributed by atoms with Crippen molar-refractivity contribution in [3.8, 4) is 0 Å². The first-order valence-corrected chi connectivity index (χ1v) is 6.51. The van der Waals surface area contributed by atoms with E-state index in [0.717, 1.165) is 43.7 Å². The molecule has 0 bridgehead atoms. The Morgan fingerprint density at radius 1 is 1.39 bits per heavy atom. The van der Waals surface area contributed by atoms with Crippen LogP contribution in [0, 0.1) is 5.92 Å². The van der Waals surface area contributed by atoms with E-state index in [1.165, 1.54) is 0 Å². The number of carbonyl (C=O) groups is 2. The molecule has 0 aliphatic carbocycles. The largest absolute Gasteiger partial charge is 0.342 e. The van der Waals surface area contributed by atoms with Crippen molar-refractivity contribution in [2.75, 3.05) is 13.1 Å². The van der Waals surface area contributed by atoms with E-state index in [0.29, 0.717) is 12.0 Å². The van der Waals surface area contributed by atoms with Gasteiger partial charge < -0.3 is 4.90 Å². The van der Waals surface area contributed by atoms with Crippen LogP contribution in [-0.2, 0) is 11.2 Å². The summed E-state index contributed by atoms with van der Waals surface area (Å²) >= 11 is 0. The molecule has 1 heterocycles. The molecule has 18 heavy (non-hydrogen) atoms. The number of amides is 1. The van der Waals surface area contributed by atoms with E-state index in [1.807, 2.05) is 17.0 Å². The predicted molar refractivity (Wildman–Crippen MR) is 70.5 cm³/mol. The number of rotatable bonds is 3. The third-order valence-electron chi connectivity index (χ3n) is 3.58. The molecular weight excluding hydrogens is 226 g/mol. The normalized spacial score (nSPS) is 16.6. The zero-order valence-corrected chi connectivity index (χ0v) is 10.8. The molecule has 0 aromatic heterocycles. The van der Waals surface area contributed by atoms with E-state index in [1.54, 1.807) is 12.1 Å². The maximum absolute atomic E-state index is 12.1. The van der Waals surface area contributed by atoms with Gasteiger partial charge in [0.15, 0.2) is 0 Å². The van der Waals surface area contributed by atoms with Gasteiger partial charge in [0.25, 0.3) is 0 Å². The SMILES string of the molecule is CC1CCN(C(=O)Cc2cccc(C=O)c2)CC1. The van der Waals surface area contributed by atoms with E-state index in [9.17, 15) is 9.59 Å². The molecule has 0 spiro atoms. The van der Waals surface area contributed by atoms with Crippen molar-refractivity contribution < 1.29 is 9.59 Å². The van der Waals surface area contributed by atoms with E-state index in [4.69, 9.17) is 0 Å². The average molecular weight is 245 g/mol. The molecule has 96 valence electrons. The van der Waals surface area contributed by atoms with E-state index in [2.05, 4.69) is 6.92 Å². The molecule has 1 aliphatic rings. The molecule has 0 saturated carbocycles. The number of piperidine rings is 1. The van der Waals surface area contributed by atoms with Gasteiger partial charge in [0.2, 0.25) is 5.91 Å². The lowest BCUT2D eigenvalue weighted by atomic mass is 9.98. The minimum Gasteiger partial charge on any atom is -0.342 e. The smallest absolute Gasteiger partial charge is 0.226 e. The van der Waals surface area contributed by atoms with Gasteiger partial charge in [0.05, 0.1) is 6.42 Å². The highest BCUT2D eigenvalue weighted by molar-refractivity contribution is 5.80. The van der Waals surface area contributed by atoms with Crippen LogP contribution in [0.5, 0.6) is 0 Å². The second kappa shape index (κ2) is 5.80. The van der Waals surface area contributed by atoms with Gasteiger partial charge in [-0.05, 0) is 30.4 Å². The monoisotopic (exact) mass is 245 g/mol. The Balaban J connectivity index is 1.96. The maximum Gasteiger partial charge on any atom is 0.226 e. The summed E-state index contributed by atoms with van der Waals surface area (Å²) in [5.74, 6) is 0.900. The summed E-state index contributed by atoms with van der Waals surface area (Å²) in [5, 5.41) is 0. The number of nitrogens with zero attached hydrogens (tertiary/aromatic N) is 1. The second-order valence-corrected chi connectivity index (χ2v) is 5.10. The highest BCUT2D eigenvalue weighted by Gasteiger charge is 2.20. The summed E-state index contributed by atoms with van der Waals surface area (Å²) in [6, 6.07) is 7.27. The summed E-state index contributed by atoms with van der Waals surface area (Å²) in [6.45, 7) is 3.97. The van der Waals surface area contributed by atoms with Crippen LogP contribution in [0.15, 0.2) is 24.3 Å². The first-order chi connectivity index (χ1) is 8.69. The van der Waals surface area contributed by atoms with Gasteiger partial charge in [-0.2, -0.15) is 0 Å². The van der Waals surface area contributed by atoms with Gasteiger partial charge in [0, 0.05) is 18.7 Å². The van der Waals surface area contributed by atoms with Crippen LogP contribution in [0.1, 0.15) is 35.7 Å². The molecule has 1 aromatic rings. The van der Waals surface area contributed by atoms with Crippen molar-refractivity contribution in [2.45, 2.75) is 26.2 Å². The van der Waals surface area contributed by atoms with Gasteiger partial charge in [-0.1, -0.05) is 25.1 Å². The van der Waals surface area contributed by atoms with Crippen molar-refractivity contribution in [1.82, 2.24) is 4.90 Å². The molecule has 0 unspecified atom stereocenters. The van der Waals surface area contributed by atoms with Crippen molar-refractivity contribution in [2.24, 2.45) is 5.92 Å². The Kier molecular flexibility index (Phi) is 4.13. The molecule has 2 rings (SSSR count). The summed E-state index contributed by atoms with van der Waals surface area (Å²) in [5.41, 5.74) is 1.55. The Bertz CT molecular complexity index is 434. The minimum absolute atomic E-state index is 0.171. The topological polar surface area (TPSA) is 37.4 Å². The first-order valence-electron chi connectivity index (χ1n) is 6.51. The Morgan fingerprint density at radius 2 is 2.11 bits per heavy atom. The summed E-state index contributed by atoms with van der Waals surface area (Å²) in [4.78, 5) is 24.7. The van der Waals surface area contributed by atoms with Crippen LogP contribution in [0.4, 0.5) is 0 Å². The molecule has 3 heteroatoms. The van der Waals surface area contributed by atoms with Gasteiger partial charge in [-0.15, -0.1) is 0 Å². The van der Waals surface area contributed by atoms with Gasteiger partial charge in [0.1, 0.15) is 6.29 Å². The molecule has 0 N–H and O–H groups in total. The van der Waals surface area contributed by atoms with Crippen LogP contribution in [0.2, 0.25) is 0 Å². The third kappa shape index (κ3) is 3.19. The van der Waals surface area contributed by atoms with Crippen LogP contribution in [0.3, 0.4) is 0 Å². The van der Waals surface area contributed by atoms with Gasteiger partial charge >= 0.3 is 0 Å². The molecule has 0 atom stereocenters. The van der Waals surface area contributed by atoms with Crippen LogP contribution >= 0.6 is 0 Å². The first kappa shape index (κ1) is 12.8. The van der Waals surface area contributed by atoms with Crippen molar-refractivity contribution in [1.29, 1.82) is 0 Å². The molecule has 1 saturated heterocycles. The molecular formula is C15H19NO2. The fourth-order valence-electron chi connectivity index (χ4n) is 2.32. The Labute approximate surface area is 108 Å². The van der Waals surface area contributed by atoms with E-state index in [-0.39, 0.29) is 5.91 Å². The fourth-order valence-corrected chi connectivity index (χ4v) is 2.32. The molecule has 1 aromatic carbocycles. The number of hydrogen-bond donors (Lipinski definition) is 0. The zero-order chi connectivity index (χ0) is 13.0. The highest BCUT2D eigenvalue weighted by atomic mass is 16.2. The minimum atomic E-state index is 0.171. The van der Waals surface area contributed by atoms with Crippen LogP contribution in [-0.4, -0.2) is 30.2 Å². The zero-order valence-electron chi connectivity index (χ0n) is 10.8. The van der Waals surface area contributed by atoms with Gasteiger partial charge in [-0.3, -0.25) is 9.59 Å². The van der Waals surface area contributed by atoms with E-state index < -0.39 is 0 Å². The molecule has 1 fully saturated rings. The lowest BCUT2D eigenvalue weighted by molar-refractivity contribution is -0.131. The van der Waals surface area contributed by atoms with Crippen LogP contribution in [0.25, 0.3) is 0 Å². The summed E-state index contributed by atoms with van der Waals surface area (Å²) in [6.07, 6.45) is 3.41. The van der Waals surface area contributed by atoms with Crippen LogP contribution < -0.4 is 0 Å². The van der Waals surface area contributed by atoms with E-state index >= 15 is 0 Å². The molecule has 0 radical (unpaired) electrons. The average Bonchev–Trinajstić information content (AvgIpc) is 2.39. The second-order valence-electron chi connectivity index (χ2n) is 5.10. The number of benzene rings is 1. The standard InChI is InChI=1S/C15H19NO2/c1-12-5-7-16(8-6-12)15(18)10-13-3-2-4-14(9-13)11-17/h2-4,9,11-12H,5-8,10H2,1H3. The molecule has 1 amide bonds. The number of likely N-dealkylation sites (tertiary alicyclic amines) is 1. The van der Waals surface area contributed by atoms with Crippen molar-refractivity contribution in [3.05, 3.63) is 35.4 Å². The number of carbonyl (C=O) groups excluding carboxylic acids is 2. The molecule has 3 nitrogen and oxygen atoms in total. The lowest BCUT2D eigenvalue weighted by Crippen LogP contribution is -2.38. The van der Waals surface area contributed by atoms with Crippen molar-refractivity contribution in [3.63, 3.8) is 0 Å². The summed E-state index contributed by atoms with van der Waals surface area (Å²) < 4.78 is 0. The predicted octanol–water partition coefficient (Wildman–Crippen LogP) is 2.30. The molecule has 1 aliphatic heterocycles. The Hall–Kier alpha value is -1.64. The quantitative estimate of drug-likeness (QED) is 0.766. The van der Waals surface area contributed by atoms with Crippen molar-refractivity contribution >= 4 is 12.2 Å². The Morgan fingerprint density at radius 3 is 2.78 bits per heavy atom. The highest BCUT2D eigenvalue weighted by Crippen LogP contribution is 2.17. The number of aldehydes is 1. The maximum atomic E-state index is 12.1. The fraction of sp³-hybridized carbons (Fsp3) is 0.467.